The first-order valence-electron chi connectivity index (χ1n) is 7.11. The molecule has 2 rings (SSSR count). The van der Waals surface area contributed by atoms with E-state index in [0.717, 1.165) is 18.4 Å². The summed E-state index contributed by atoms with van der Waals surface area (Å²) in [6.45, 7) is 1.20. The van der Waals surface area contributed by atoms with E-state index in [0.29, 0.717) is 18.9 Å². The molecule has 1 fully saturated rings. The largest absolute Gasteiger partial charge is 0.298 e. The zero-order valence-electron chi connectivity index (χ0n) is 11.6. The quantitative estimate of drug-likeness (QED) is 0.811. The second-order valence-corrected chi connectivity index (χ2v) is 5.60. The van der Waals surface area contributed by atoms with Crippen LogP contribution >= 0.6 is 0 Å². The molecule has 104 valence electrons. The first-order valence-corrected chi connectivity index (χ1v) is 7.11. The summed E-state index contributed by atoms with van der Waals surface area (Å²) in [5, 5.41) is 0. The Bertz CT molecular complexity index is 409. The summed E-state index contributed by atoms with van der Waals surface area (Å²) < 4.78 is 12.8. The molecule has 0 radical (unpaired) electrons. The highest BCUT2D eigenvalue weighted by Gasteiger charge is 2.21. The normalized spacial score (nSPS) is 16.8. The number of ketones is 1. The van der Waals surface area contributed by atoms with Crippen LogP contribution in [-0.2, 0) is 11.3 Å². The third-order valence-corrected chi connectivity index (χ3v) is 3.85. The molecule has 1 aliphatic carbocycles. The maximum Gasteiger partial charge on any atom is 0.149 e. The van der Waals surface area contributed by atoms with Crippen LogP contribution in [0.25, 0.3) is 0 Å². The predicted octanol–water partition coefficient (Wildman–Crippen LogP) is 3.41. The summed E-state index contributed by atoms with van der Waals surface area (Å²) in [6, 6.07) is 6.48. The lowest BCUT2D eigenvalue weighted by atomic mass is 9.86. The highest BCUT2D eigenvalue weighted by atomic mass is 19.1. The molecule has 0 heterocycles. The molecule has 0 aliphatic heterocycles. The summed E-state index contributed by atoms with van der Waals surface area (Å²) in [6.07, 6.45) is 5.78. The summed E-state index contributed by atoms with van der Waals surface area (Å²) in [4.78, 5) is 14.2. The van der Waals surface area contributed by atoms with Crippen molar-refractivity contribution in [3.05, 3.63) is 35.6 Å². The molecule has 1 saturated carbocycles. The summed E-state index contributed by atoms with van der Waals surface area (Å²) >= 11 is 0. The molecular weight excluding hydrogens is 241 g/mol. The Hall–Kier alpha value is -1.22. The molecule has 0 saturated heterocycles. The van der Waals surface area contributed by atoms with E-state index in [1.807, 2.05) is 11.9 Å². The van der Waals surface area contributed by atoms with Crippen LogP contribution in [0.4, 0.5) is 4.39 Å². The van der Waals surface area contributed by atoms with Gasteiger partial charge in [0.25, 0.3) is 0 Å². The highest BCUT2D eigenvalue weighted by Crippen LogP contribution is 2.24. The maximum absolute atomic E-state index is 12.8. The minimum atomic E-state index is -0.218. The molecular formula is C16H22FNO. The van der Waals surface area contributed by atoms with E-state index in [4.69, 9.17) is 0 Å². The van der Waals surface area contributed by atoms with Gasteiger partial charge in [-0.05, 0) is 37.6 Å². The first kappa shape index (κ1) is 14.2. The summed E-state index contributed by atoms with van der Waals surface area (Å²) in [5.41, 5.74) is 1.04. The summed E-state index contributed by atoms with van der Waals surface area (Å²) in [7, 11) is 1.95. The van der Waals surface area contributed by atoms with E-state index in [2.05, 4.69) is 0 Å². The van der Waals surface area contributed by atoms with Gasteiger partial charge in [0.1, 0.15) is 11.6 Å². The fourth-order valence-electron chi connectivity index (χ4n) is 2.78. The van der Waals surface area contributed by atoms with Crippen molar-refractivity contribution in [2.24, 2.45) is 5.92 Å². The van der Waals surface area contributed by atoms with Crippen LogP contribution in [0.15, 0.2) is 24.3 Å². The van der Waals surface area contributed by atoms with Gasteiger partial charge in [-0.2, -0.15) is 0 Å². The Labute approximate surface area is 114 Å². The van der Waals surface area contributed by atoms with Gasteiger partial charge in [0.15, 0.2) is 0 Å². The molecule has 2 nitrogen and oxygen atoms in total. The number of likely N-dealkylation sites (N-methyl/N-ethyl adjacent to an activating group) is 1. The Morgan fingerprint density at radius 3 is 2.47 bits per heavy atom. The van der Waals surface area contributed by atoms with Crippen LogP contribution in [0.1, 0.15) is 37.7 Å². The number of rotatable bonds is 5. The Kier molecular flexibility index (Phi) is 5.08. The van der Waals surface area contributed by atoms with Crippen LogP contribution in [0.5, 0.6) is 0 Å². The van der Waals surface area contributed by atoms with Gasteiger partial charge in [-0.25, -0.2) is 4.39 Å². The SMILES string of the molecule is CN(CC(=O)C1CCCCC1)Cc1ccc(F)cc1. The van der Waals surface area contributed by atoms with Gasteiger partial charge in [0, 0.05) is 12.5 Å². The highest BCUT2D eigenvalue weighted by molar-refractivity contribution is 5.83. The summed E-state index contributed by atoms with van der Waals surface area (Å²) in [5.74, 6) is 0.415. The van der Waals surface area contributed by atoms with Crippen molar-refractivity contribution < 1.29 is 9.18 Å². The fourth-order valence-corrected chi connectivity index (χ4v) is 2.78. The number of nitrogens with zero attached hydrogens (tertiary/aromatic N) is 1. The molecule has 0 atom stereocenters. The average Bonchev–Trinajstić information content (AvgIpc) is 2.42. The predicted molar refractivity (Wildman–Crippen MR) is 74.3 cm³/mol. The van der Waals surface area contributed by atoms with Crippen molar-refractivity contribution in [3.63, 3.8) is 0 Å². The minimum Gasteiger partial charge on any atom is -0.298 e. The fraction of sp³-hybridized carbons (Fsp3) is 0.562. The number of halogens is 1. The molecule has 0 N–H and O–H groups in total. The number of hydrogen-bond donors (Lipinski definition) is 0. The smallest absolute Gasteiger partial charge is 0.149 e. The van der Waals surface area contributed by atoms with Crippen molar-refractivity contribution in [2.75, 3.05) is 13.6 Å². The molecule has 0 bridgehead atoms. The molecule has 0 aromatic heterocycles. The van der Waals surface area contributed by atoms with Gasteiger partial charge < -0.3 is 0 Å². The number of carbonyl (C=O) groups is 1. The minimum absolute atomic E-state index is 0.218. The van der Waals surface area contributed by atoms with E-state index in [1.54, 1.807) is 12.1 Å². The molecule has 3 heteroatoms. The van der Waals surface area contributed by atoms with Crippen molar-refractivity contribution in [2.45, 2.75) is 38.6 Å². The third kappa shape index (κ3) is 4.43. The van der Waals surface area contributed by atoms with Gasteiger partial charge >= 0.3 is 0 Å². The number of hydrogen-bond acceptors (Lipinski definition) is 2. The second-order valence-electron chi connectivity index (χ2n) is 5.60. The number of Topliss-reactive ketones (excluding diaryl/α,β-unsaturated/α-hetero) is 1. The third-order valence-electron chi connectivity index (χ3n) is 3.85. The van der Waals surface area contributed by atoms with Gasteiger partial charge in [-0.1, -0.05) is 31.4 Å². The standard InChI is InChI=1S/C16H22FNO/c1-18(11-13-7-9-15(17)10-8-13)12-16(19)14-5-3-2-4-6-14/h7-10,14H,2-6,11-12H2,1H3. The lowest BCUT2D eigenvalue weighted by Crippen LogP contribution is -2.31. The van der Waals surface area contributed by atoms with Gasteiger partial charge in [0.2, 0.25) is 0 Å². The van der Waals surface area contributed by atoms with E-state index >= 15 is 0 Å². The van der Waals surface area contributed by atoms with Gasteiger partial charge in [-0.3, -0.25) is 9.69 Å². The zero-order valence-corrected chi connectivity index (χ0v) is 11.6. The first-order chi connectivity index (χ1) is 9.15. The van der Waals surface area contributed by atoms with Crippen molar-refractivity contribution in [3.8, 4) is 0 Å². The van der Waals surface area contributed by atoms with Crippen LogP contribution < -0.4 is 0 Å². The molecule has 0 amide bonds. The van der Waals surface area contributed by atoms with Gasteiger partial charge in [-0.15, -0.1) is 0 Å². The lowest BCUT2D eigenvalue weighted by Gasteiger charge is -2.23. The van der Waals surface area contributed by atoms with Crippen LogP contribution in [0.3, 0.4) is 0 Å². The van der Waals surface area contributed by atoms with Crippen molar-refractivity contribution in [1.82, 2.24) is 4.90 Å². The van der Waals surface area contributed by atoms with Crippen molar-refractivity contribution in [1.29, 1.82) is 0 Å². The zero-order chi connectivity index (χ0) is 13.7. The van der Waals surface area contributed by atoms with E-state index in [9.17, 15) is 9.18 Å². The van der Waals surface area contributed by atoms with E-state index in [-0.39, 0.29) is 11.7 Å². The van der Waals surface area contributed by atoms with Crippen LogP contribution in [-0.4, -0.2) is 24.3 Å². The van der Waals surface area contributed by atoms with Crippen LogP contribution in [0, 0.1) is 11.7 Å². The Morgan fingerprint density at radius 2 is 1.84 bits per heavy atom. The molecule has 1 aromatic rings. The van der Waals surface area contributed by atoms with Gasteiger partial charge in [0.05, 0.1) is 6.54 Å². The molecule has 1 aliphatic rings. The van der Waals surface area contributed by atoms with Crippen LogP contribution in [0.2, 0.25) is 0 Å². The number of benzene rings is 1. The number of carbonyl (C=O) groups excluding carboxylic acids is 1. The second kappa shape index (κ2) is 6.80. The topological polar surface area (TPSA) is 20.3 Å². The average molecular weight is 263 g/mol. The Morgan fingerprint density at radius 1 is 1.21 bits per heavy atom. The van der Waals surface area contributed by atoms with E-state index < -0.39 is 0 Å². The molecule has 0 spiro atoms. The van der Waals surface area contributed by atoms with Crippen molar-refractivity contribution >= 4 is 5.78 Å². The van der Waals surface area contributed by atoms with E-state index in [1.165, 1.54) is 31.4 Å². The maximum atomic E-state index is 12.8. The lowest BCUT2D eigenvalue weighted by molar-refractivity contribution is -0.124. The molecule has 19 heavy (non-hydrogen) atoms. The monoisotopic (exact) mass is 263 g/mol. The molecule has 1 aromatic carbocycles. The Balaban J connectivity index is 1.81. The molecule has 0 unspecified atom stereocenters.